The minimum absolute atomic E-state index is 0.0468. The average molecular weight is 413 g/mol. The maximum atomic E-state index is 12.2. The van der Waals surface area contributed by atoms with Gasteiger partial charge in [-0.05, 0) is 46.3 Å². The molecule has 0 saturated carbocycles. The Kier molecular flexibility index (Phi) is 4.98. The zero-order valence-corrected chi connectivity index (χ0v) is 13.8. The molecule has 0 unspecified atom stereocenters. The van der Waals surface area contributed by atoms with E-state index >= 15 is 0 Å². The van der Waals surface area contributed by atoms with Crippen LogP contribution in [-0.2, 0) is 0 Å². The van der Waals surface area contributed by atoms with Crippen molar-refractivity contribution in [3.05, 3.63) is 62.5 Å². The number of rotatable bonds is 3. The molecule has 7 heteroatoms. The van der Waals surface area contributed by atoms with Gasteiger partial charge in [0.1, 0.15) is 0 Å². The van der Waals surface area contributed by atoms with E-state index in [-0.39, 0.29) is 11.7 Å². The van der Waals surface area contributed by atoms with Crippen molar-refractivity contribution in [2.45, 2.75) is 0 Å². The summed E-state index contributed by atoms with van der Waals surface area (Å²) >= 11 is 6.73. The average Bonchev–Trinajstić information content (AvgIpc) is 2.49. The van der Waals surface area contributed by atoms with Gasteiger partial charge in [-0.15, -0.1) is 0 Å². The lowest BCUT2D eigenvalue weighted by atomic mass is 10.1. The van der Waals surface area contributed by atoms with Crippen LogP contribution < -0.4 is 11.1 Å². The van der Waals surface area contributed by atoms with Crippen LogP contribution in [-0.4, -0.2) is 17.0 Å². The zero-order chi connectivity index (χ0) is 15.4. The molecule has 0 saturated heterocycles. The Bertz CT molecular complexity index is 717. The maximum absolute atomic E-state index is 12.2. The second-order valence-corrected chi connectivity index (χ2v) is 5.91. The molecule has 0 bridgehead atoms. The smallest absolute Gasteiger partial charge is 0.255 e. The number of amidine groups is 1. The normalized spacial score (nSPS) is 11.2. The van der Waals surface area contributed by atoms with Gasteiger partial charge < -0.3 is 16.3 Å². The number of carbonyl (C=O) groups excluding carboxylic acids is 1. The lowest BCUT2D eigenvalue weighted by Crippen LogP contribution is -2.16. The van der Waals surface area contributed by atoms with Crippen molar-refractivity contribution in [3.8, 4) is 0 Å². The number of anilines is 1. The molecule has 2 rings (SSSR count). The van der Waals surface area contributed by atoms with Crippen molar-refractivity contribution in [1.29, 1.82) is 0 Å². The number of hydrogen-bond acceptors (Lipinski definition) is 3. The molecule has 0 fully saturated rings. The molecule has 0 aliphatic carbocycles. The van der Waals surface area contributed by atoms with Crippen LogP contribution in [0.1, 0.15) is 15.9 Å². The first-order chi connectivity index (χ1) is 10.0. The first kappa shape index (κ1) is 15.5. The predicted molar refractivity (Wildman–Crippen MR) is 88.7 cm³/mol. The Labute approximate surface area is 138 Å². The second-order valence-electron chi connectivity index (χ2n) is 4.14. The van der Waals surface area contributed by atoms with E-state index in [1.54, 1.807) is 30.3 Å². The molecule has 5 nitrogen and oxygen atoms in total. The Morgan fingerprint density at radius 1 is 1.14 bits per heavy atom. The number of nitrogens with zero attached hydrogens (tertiary/aromatic N) is 1. The third kappa shape index (κ3) is 3.83. The zero-order valence-electron chi connectivity index (χ0n) is 10.7. The number of halogens is 2. The van der Waals surface area contributed by atoms with Crippen LogP contribution in [0.15, 0.2) is 56.6 Å². The summed E-state index contributed by atoms with van der Waals surface area (Å²) in [6, 6.07) is 12.0. The third-order valence-electron chi connectivity index (χ3n) is 2.71. The lowest BCUT2D eigenvalue weighted by molar-refractivity contribution is 0.102. The van der Waals surface area contributed by atoms with E-state index in [4.69, 9.17) is 10.9 Å². The van der Waals surface area contributed by atoms with Gasteiger partial charge in [0.15, 0.2) is 5.84 Å². The summed E-state index contributed by atoms with van der Waals surface area (Å²) in [4.78, 5) is 12.2. The van der Waals surface area contributed by atoms with E-state index in [0.717, 1.165) is 8.95 Å². The number of carbonyl (C=O) groups is 1. The number of nitrogens with two attached hydrogens (primary N) is 1. The fraction of sp³-hybridized carbons (Fsp3) is 0. The van der Waals surface area contributed by atoms with Gasteiger partial charge in [-0.1, -0.05) is 33.2 Å². The summed E-state index contributed by atoms with van der Waals surface area (Å²) in [6.07, 6.45) is 0. The van der Waals surface area contributed by atoms with Crippen LogP contribution in [0.4, 0.5) is 5.69 Å². The summed E-state index contributed by atoms with van der Waals surface area (Å²) in [5.41, 5.74) is 7.05. The molecule has 0 heterocycles. The quantitative estimate of drug-likeness (QED) is 0.311. The molecule has 0 aliphatic rings. The van der Waals surface area contributed by atoms with Crippen molar-refractivity contribution in [2.24, 2.45) is 10.9 Å². The van der Waals surface area contributed by atoms with Crippen LogP contribution in [0, 0.1) is 0 Å². The highest BCUT2D eigenvalue weighted by atomic mass is 79.9. The van der Waals surface area contributed by atoms with Crippen LogP contribution in [0.2, 0.25) is 0 Å². The summed E-state index contributed by atoms with van der Waals surface area (Å²) in [7, 11) is 0. The highest BCUT2D eigenvalue weighted by Gasteiger charge is 2.10. The molecule has 0 aliphatic heterocycles. The Hall–Kier alpha value is -1.86. The minimum Gasteiger partial charge on any atom is -0.409 e. The molecule has 0 spiro atoms. The van der Waals surface area contributed by atoms with Gasteiger partial charge >= 0.3 is 0 Å². The molecule has 108 valence electrons. The van der Waals surface area contributed by atoms with Crippen molar-refractivity contribution in [3.63, 3.8) is 0 Å². The number of hydrogen-bond donors (Lipinski definition) is 3. The number of nitrogens with one attached hydrogen (secondary N) is 1. The predicted octanol–water partition coefficient (Wildman–Crippen LogP) is 3.56. The Morgan fingerprint density at radius 2 is 1.86 bits per heavy atom. The standard InChI is InChI=1S/C14H11Br2N3O2/c15-10-4-5-12(11(16)7-10)18-14(20)9-3-1-2-8(6-9)13(17)19-21/h1-7,21H,(H2,17,19)(H,18,20). The lowest BCUT2D eigenvalue weighted by Gasteiger charge is -2.08. The van der Waals surface area contributed by atoms with Gasteiger partial charge in [0, 0.05) is 20.1 Å². The first-order valence-electron chi connectivity index (χ1n) is 5.85. The van der Waals surface area contributed by atoms with E-state index in [2.05, 4.69) is 42.3 Å². The molecule has 2 aromatic rings. The number of benzene rings is 2. The summed E-state index contributed by atoms with van der Waals surface area (Å²) in [5.74, 6) is -0.333. The monoisotopic (exact) mass is 411 g/mol. The number of amides is 1. The summed E-state index contributed by atoms with van der Waals surface area (Å²) < 4.78 is 1.67. The van der Waals surface area contributed by atoms with Crippen molar-refractivity contribution < 1.29 is 10.0 Å². The molecular formula is C14H11Br2N3O2. The van der Waals surface area contributed by atoms with Gasteiger partial charge in [-0.25, -0.2) is 0 Å². The van der Waals surface area contributed by atoms with Crippen LogP contribution in [0.25, 0.3) is 0 Å². The summed E-state index contributed by atoms with van der Waals surface area (Å²) in [5, 5.41) is 14.4. The van der Waals surface area contributed by atoms with Crippen molar-refractivity contribution >= 4 is 49.3 Å². The Balaban J connectivity index is 2.24. The van der Waals surface area contributed by atoms with E-state index in [0.29, 0.717) is 16.8 Å². The highest BCUT2D eigenvalue weighted by Crippen LogP contribution is 2.26. The van der Waals surface area contributed by atoms with Gasteiger partial charge in [-0.2, -0.15) is 0 Å². The second kappa shape index (κ2) is 6.73. The van der Waals surface area contributed by atoms with Gasteiger partial charge in [0.2, 0.25) is 0 Å². The number of oxime groups is 1. The highest BCUT2D eigenvalue weighted by molar-refractivity contribution is 9.11. The van der Waals surface area contributed by atoms with Gasteiger partial charge in [-0.3, -0.25) is 4.79 Å². The fourth-order valence-corrected chi connectivity index (χ4v) is 2.81. The Morgan fingerprint density at radius 3 is 2.52 bits per heavy atom. The van der Waals surface area contributed by atoms with Gasteiger partial charge in [0.25, 0.3) is 5.91 Å². The third-order valence-corrected chi connectivity index (χ3v) is 3.86. The van der Waals surface area contributed by atoms with E-state index in [9.17, 15) is 4.79 Å². The topological polar surface area (TPSA) is 87.7 Å². The molecule has 4 N–H and O–H groups in total. The van der Waals surface area contributed by atoms with Crippen LogP contribution in [0.3, 0.4) is 0 Å². The largest absolute Gasteiger partial charge is 0.409 e. The minimum atomic E-state index is -0.286. The van der Waals surface area contributed by atoms with Crippen LogP contribution >= 0.6 is 31.9 Å². The molecular weight excluding hydrogens is 402 g/mol. The molecule has 1 amide bonds. The molecule has 21 heavy (non-hydrogen) atoms. The van der Waals surface area contributed by atoms with E-state index in [1.807, 2.05) is 12.1 Å². The SMILES string of the molecule is NC(=NO)c1cccc(C(=O)Nc2ccc(Br)cc2Br)c1. The fourth-order valence-electron chi connectivity index (χ4n) is 1.66. The van der Waals surface area contributed by atoms with Crippen molar-refractivity contribution in [2.75, 3.05) is 5.32 Å². The summed E-state index contributed by atoms with van der Waals surface area (Å²) in [6.45, 7) is 0. The van der Waals surface area contributed by atoms with Crippen molar-refractivity contribution in [1.82, 2.24) is 0 Å². The van der Waals surface area contributed by atoms with E-state index in [1.165, 1.54) is 0 Å². The van der Waals surface area contributed by atoms with Gasteiger partial charge in [0.05, 0.1) is 5.69 Å². The van der Waals surface area contributed by atoms with E-state index < -0.39 is 0 Å². The molecule has 2 aromatic carbocycles. The molecule has 0 aromatic heterocycles. The van der Waals surface area contributed by atoms with Crippen LogP contribution in [0.5, 0.6) is 0 Å². The maximum Gasteiger partial charge on any atom is 0.255 e. The first-order valence-corrected chi connectivity index (χ1v) is 7.44. The molecule has 0 atom stereocenters. The molecule has 0 radical (unpaired) electrons.